The number of anilines is 1. The zero-order valence-corrected chi connectivity index (χ0v) is 12.4. The molecule has 0 saturated heterocycles. The average Bonchev–Trinajstić information content (AvgIpc) is 2.72. The number of nitrogens with zero attached hydrogens (tertiary/aromatic N) is 3. The van der Waals surface area contributed by atoms with Crippen molar-refractivity contribution in [2.24, 2.45) is 7.05 Å². The highest BCUT2D eigenvalue weighted by atomic mass is 16.1. The first-order valence-electron chi connectivity index (χ1n) is 6.68. The maximum absolute atomic E-state index is 12.0. The fraction of sp³-hybridized carbons (Fsp3) is 0.400. The number of aryl methyl sites for hydroxylation is 4. The zero-order chi connectivity index (χ0) is 14.7. The van der Waals surface area contributed by atoms with E-state index in [9.17, 15) is 4.79 Å². The van der Waals surface area contributed by atoms with Crippen molar-refractivity contribution < 1.29 is 4.79 Å². The van der Waals surface area contributed by atoms with Crippen molar-refractivity contribution in [1.82, 2.24) is 14.8 Å². The number of hydrogen-bond acceptors (Lipinski definition) is 3. The molecule has 2 heterocycles. The minimum absolute atomic E-state index is 0.00690. The summed E-state index contributed by atoms with van der Waals surface area (Å²) in [6, 6.07) is 1.90. The SMILES string of the molecule is Cc1ccnc(C)c1NC(=O)CCc1cnn(C)c1C. The standard InChI is InChI=1S/C15H20N4O/c1-10-7-8-16-11(2)15(10)18-14(20)6-5-13-9-17-19(4)12(13)3/h7-9H,5-6H2,1-4H3,(H,18,20). The monoisotopic (exact) mass is 272 g/mol. The molecule has 0 radical (unpaired) electrons. The van der Waals surface area contributed by atoms with Crippen molar-refractivity contribution >= 4 is 11.6 Å². The van der Waals surface area contributed by atoms with Crippen LogP contribution < -0.4 is 5.32 Å². The minimum Gasteiger partial charge on any atom is -0.324 e. The van der Waals surface area contributed by atoms with E-state index in [2.05, 4.69) is 15.4 Å². The Morgan fingerprint density at radius 2 is 2.10 bits per heavy atom. The van der Waals surface area contributed by atoms with Gasteiger partial charge in [-0.2, -0.15) is 5.10 Å². The minimum atomic E-state index is 0.00690. The summed E-state index contributed by atoms with van der Waals surface area (Å²) in [4.78, 5) is 16.2. The van der Waals surface area contributed by atoms with E-state index in [0.29, 0.717) is 12.8 Å². The molecule has 0 aliphatic carbocycles. The van der Waals surface area contributed by atoms with Crippen LogP contribution in [0.1, 0.15) is 28.9 Å². The Kier molecular flexibility index (Phi) is 4.17. The maximum atomic E-state index is 12.0. The largest absolute Gasteiger partial charge is 0.324 e. The molecular weight excluding hydrogens is 252 g/mol. The first-order valence-corrected chi connectivity index (χ1v) is 6.68. The van der Waals surface area contributed by atoms with Gasteiger partial charge in [0.2, 0.25) is 5.91 Å². The van der Waals surface area contributed by atoms with Crippen molar-refractivity contribution in [2.75, 3.05) is 5.32 Å². The summed E-state index contributed by atoms with van der Waals surface area (Å²) in [7, 11) is 1.90. The molecule has 20 heavy (non-hydrogen) atoms. The molecule has 0 unspecified atom stereocenters. The Bertz CT molecular complexity index is 611. The first-order chi connectivity index (χ1) is 9.49. The van der Waals surface area contributed by atoms with Crippen LogP contribution in [0.25, 0.3) is 0 Å². The molecule has 2 aromatic heterocycles. The molecule has 2 aromatic rings. The van der Waals surface area contributed by atoms with E-state index >= 15 is 0 Å². The van der Waals surface area contributed by atoms with Gasteiger partial charge in [-0.3, -0.25) is 14.5 Å². The summed E-state index contributed by atoms with van der Waals surface area (Å²) in [5.41, 5.74) is 4.91. The number of aromatic nitrogens is 3. The molecule has 0 spiro atoms. The van der Waals surface area contributed by atoms with E-state index in [0.717, 1.165) is 28.2 Å². The highest BCUT2D eigenvalue weighted by Gasteiger charge is 2.10. The van der Waals surface area contributed by atoms with E-state index in [-0.39, 0.29) is 5.91 Å². The topological polar surface area (TPSA) is 59.8 Å². The number of rotatable bonds is 4. The van der Waals surface area contributed by atoms with E-state index in [4.69, 9.17) is 0 Å². The van der Waals surface area contributed by atoms with Crippen LogP contribution in [0.2, 0.25) is 0 Å². The second-order valence-electron chi connectivity index (χ2n) is 5.02. The first kappa shape index (κ1) is 14.2. The Morgan fingerprint density at radius 1 is 1.35 bits per heavy atom. The van der Waals surface area contributed by atoms with Crippen LogP contribution in [0.4, 0.5) is 5.69 Å². The Labute approximate surface area is 119 Å². The molecule has 0 saturated carbocycles. The summed E-state index contributed by atoms with van der Waals surface area (Å²) in [5.74, 6) is 0.00690. The van der Waals surface area contributed by atoms with Crippen LogP contribution >= 0.6 is 0 Å². The van der Waals surface area contributed by atoms with Crippen LogP contribution in [0.15, 0.2) is 18.5 Å². The second-order valence-corrected chi connectivity index (χ2v) is 5.02. The van der Waals surface area contributed by atoms with Crippen molar-refractivity contribution in [3.05, 3.63) is 41.0 Å². The molecule has 0 aliphatic rings. The fourth-order valence-corrected chi connectivity index (χ4v) is 2.12. The highest BCUT2D eigenvalue weighted by molar-refractivity contribution is 5.92. The molecule has 2 rings (SSSR count). The Hall–Kier alpha value is -2.17. The average molecular weight is 272 g/mol. The zero-order valence-electron chi connectivity index (χ0n) is 12.4. The Morgan fingerprint density at radius 3 is 2.70 bits per heavy atom. The molecule has 5 nitrogen and oxygen atoms in total. The van der Waals surface area contributed by atoms with Crippen molar-refractivity contribution in [3.63, 3.8) is 0 Å². The van der Waals surface area contributed by atoms with Gasteiger partial charge in [0.25, 0.3) is 0 Å². The molecule has 0 bridgehead atoms. The van der Waals surface area contributed by atoms with E-state index < -0.39 is 0 Å². The molecular formula is C15H20N4O. The molecule has 0 aliphatic heterocycles. The third kappa shape index (κ3) is 3.04. The molecule has 0 fully saturated rings. The number of carbonyl (C=O) groups is 1. The van der Waals surface area contributed by atoms with Gasteiger partial charge in [0, 0.05) is 25.4 Å². The predicted octanol–water partition coefficient (Wildman–Crippen LogP) is 2.31. The maximum Gasteiger partial charge on any atom is 0.224 e. The van der Waals surface area contributed by atoms with Crippen molar-refractivity contribution in [1.29, 1.82) is 0 Å². The lowest BCUT2D eigenvalue weighted by Crippen LogP contribution is -2.14. The van der Waals surface area contributed by atoms with Gasteiger partial charge in [0.1, 0.15) is 0 Å². The molecule has 106 valence electrons. The van der Waals surface area contributed by atoms with E-state index in [1.165, 1.54) is 0 Å². The molecule has 1 N–H and O–H groups in total. The van der Waals surface area contributed by atoms with Gasteiger partial charge in [-0.05, 0) is 44.4 Å². The third-order valence-corrected chi connectivity index (χ3v) is 3.57. The number of pyridine rings is 1. The lowest BCUT2D eigenvalue weighted by Gasteiger charge is -2.10. The van der Waals surface area contributed by atoms with Crippen LogP contribution in [-0.2, 0) is 18.3 Å². The molecule has 1 amide bonds. The number of nitrogens with one attached hydrogen (secondary N) is 1. The number of hydrogen-bond donors (Lipinski definition) is 1. The Balaban J connectivity index is 1.98. The summed E-state index contributed by atoms with van der Waals surface area (Å²) in [6.45, 7) is 5.87. The van der Waals surface area contributed by atoms with Crippen LogP contribution in [0.5, 0.6) is 0 Å². The number of amides is 1. The lowest BCUT2D eigenvalue weighted by atomic mass is 10.1. The van der Waals surface area contributed by atoms with Gasteiger partial charge in [0.15, 0.2) is 0 Å². The third-order valence-electron chi connectivity index (χ3n) is 3.57. The van der Waals surface area contributed by atoms with Crippen molar-refractivity contribution in [3.8, 4) is 0 Å². The highest BCUT2D eigenvalue weighted by Crippen LogP contribution is 2.18. The van der Waals surface area contributed by atoms with Gasteiger partial charge < -0.3 is 5.32 Å². The van der Waals surface area contributed by atoms with Gasteiger partial charge in [0.05, 0.1) is 17.6 Å². The number of carbonyl (C=O) groups excluding carboxylic acids is 1. The van der Waals surface area contributed by atoms with E-state index in [1.54, 1.807) is 6.20 Å². The summed E-state index contributed by atoms with van der Waals surface area (Å²) >= 11 is 0. The molecule has 0 atom stereocenters. The summed E-state index contributed by atoms with van der Waals surface area (Å²) in [6.07, 6.45) is 4.71. The second kappa shape index (κ2) is 5.86. The molecule has 0 aromatic carbocycles. The van der Waals surface area contributed by atoms with Gasteiger partial charge in [-0.15, -0.1) is 0 Å². The van der Waals surface area contributed by atoms with Gasteiger partial charge in [-0.1, -0.05) is 0 Å². The summed E-state index contributed by atoms with van der Waals surface area (Å²) < 4.78 is 1.82. The molecule has 5 heteroatoms. The van der Waals surface area contributed by atoms with Gasteiger partial charge in [-0.25, -0.2) is 0 Å². The van der Waals surface area contributed by atoms with E-state index in [1.807, 2.05) is 44.8 Å². The van der Waals surface area contributed by atoms with Crippen LogP contribution in [0, 0.1) is 20.8 Å². The predicted molar refractivity (Wildman–Crippen MR) is 78.6 cm³/mol. The smallest absolute Gasteiger partial charge is 0.224 e. The van der Waals surface area contributed by atoms with Gasteiger partial charge >= 0.3 is 0 Å². The normalized spacial score (nSPS) is 10.6. The van der Waals surface area contributed by atoms with Crippen molar-refractivity contribution in [2.45, 2.75) is 33.6 Å². The van der Waals surface area contributed by atoms with Crippen LogP contribution in [0.3, 0.4) is 0 Å². The quantitative estimate of drug-likeness (QED) is 0.929. The lowest BCUT2D eigenvalue weighted by molar-refractivity contribution is -0.116. The fourth-order valence-electron chi connectivity index (χ4n) is 2.12. The summed E-state index contributed by atoms with van der Waals surface area (Å²) in [5, 5.41) is 7.13. The van der Waals surface area contributed by atoms with Crippen LogP contribution in [-0.4, -0.2) is 20.7 Å².